The summed E-state index contributed by atoms with van der Waals surface area (Å²) < 4.78 is 6.62. The molecule has 3 rings (SSSR count). The van der Waals surface area contributed by atoms with E-state index in [9.17, 15) is 19.8 Å². The zero-order valence-electron chi connectivity index (χ0n) is 13.2. The zero-order chi connectivity index (χ0) is 18.1. The van der Waals surface area contributed by atoms with Crippen LogP contribution in [0.4, 0.5) is 5.69 Å². The van der Waals surface area contributed by atoms with E-state index in [-0.39, 0.29) is 12.1 Å². The summed E-state index contributed by atoms with van der Waals surface area (Å²) in [7, 11) is 0. The Bertz CT molecular complexity index is 859. The molecule has 1 fully saturated rings. The highest BCUT2D eigenvalue weighted by Crippen LogP contribution is 2.31. The Labute approximate surface area is 141 Å². The van der Waals surface area contributed by atoms with Crippen molar-refractivity contribution in [1.29, 1.82) is 0 Å². The number of hydrogen-bond acceptors (Lipinski definition) is 7. The second-order valence-electron chi connectivity index (χ2n) is 5.97. The lowest BCUT2D eigenvalue weighted by Crippen LogP contribution is -2.36. The van der Waals surface area contributed by atoms with Crippen LogP contribution in [-0.2, 0) is 11.3 Å². The van der Waals surface area contributed by atoms with E-state index in [1.165, 1.54) is 10.8 Å². The summed E-state index contributed by atoms with van der Waals surface area (Å²) in [6.45, 7) is -0.324. The third-order valence-electron chi connectivity index (χ3n) is 4.22. The van der Waals surface area contributed by atoms with Crippen LogP contribution >= 0.6 is 0 Å². The molecule has 1 saturated heterocycles. The van der Waals surface area contributed by atoms with E-state index in [0.29, 0.717) is 5.69 Å². The van der Waals surface area contributed by atoms with E-state index in [4.69, 9.17) is 15.6 Å². The molecule has 134 valence electrons. The van der Waals surface area contributed by atoms with Gasteiger partial charge >= 0.3 is 5.69 Å². The Morgan fingerprint density at radius 3 is 2.44 bits per heavy atom. The van der Waals surface area contributed by atoms with Crippen LogP contribution in [0.2, 0.25) is 0 Å². The maximum absolute atomic E-state index is 12.1. The molecule has 0 saturated carbocycles. The summed E-state index contributed by atoms with van der Waals surface area (Å²) in [4.78, 5) is 26.3. The van der Waals surface area contributed by atoms with Gasteiger partial charge in [0, 0.05) is 11.9 Å². The van der Waals surface area contributed by atoms with E-state index in [2.05, 4.69) is 4.98 Å². The number of nitrogen functional groups attached to an aromatic ring is 1. The molecular formula is C16H19N3O6. The number of nitrogens with zero attached hydrogens (tertiary/aromatic N) is 1. The summed E-state index contributed by atoms with van der Waals surface area (Å²) in [5, 5.41) is 29.1. The molecule has 6 N–H and O–H groups in total. The van der Waals surface area contributed by atoms with Gasteiger partial charge in [0.15, 0.2) is 0 Å². The molecule has 0 amide bonds. The van der Waals surface area contributed by atoms with Gasteiger partial charge in [-0.2, -0.15) is 0 Å². The summed E-state index contributed by atoms with van der Waals surface area (Å²) in [5.74, 6) is 0. The van der Waals surface area contributed by atoms with Gasteiger partial charge in [-0.3, -0.25) is 14.3 Å². The van der Waals surface area contributed by atoms with Gasteiger partial charge in [0.05, 0.1) is 18.7 Å². The molecular weight excluding hydrogens is 330 g/mol. The fourth-order valence-electron chi connectivity index (χ4n) is 2.82. The summed E-state index contributed by atoms with van der Waals surface area (Å²) in [5.41, 5.74) is 5.67. The number of nitrogens with two attached hydrogens (primary N) is 1. The minimum absolute atomic E-state index is 0.00227. The topological polar surface area (TPSA) is 151 Å². The number of aliphatic hydroxyl groups excluding tert-OH is 3. The number of benzene rings is 1. The van der Waals surface area contributed by atoms with Crippen molar-refractivity contribution in [2.24, 2.45) is 0 Å². The molecule has 25 heavy (non-hydrogen) atoms. The second kappa shape index (κ2) is 6.81. The van der Waals surface area contributed by atoms with Gasteiger partial charge in [0.25, 0.3) is 5.56 Å². The maximum Gasteiger partial charge on any atom is 0.328 e. The van der Waals surface area contributed by atoms with Gasteiger partial charge in [-0.05, 0) is 17.7 Å². The van der Waals surface area contributed by atoms with E-state index in [1.807, 2.05) is 0 Å². The van der Waals surface area contributed by atoms with E-state index in [1.54, 1.807) is 24.3 Å². The summed E-state index contributed by atoms with van der Waals surface area (Å²) in [6.07, 6.45) is -3.57. The fourth-order valence-corrected chi connectivity index (χ4v) is 2.82. The van der Waals surface area contributed by atoms with Crippen molar-refractivity contribution >= 4 is 5.69 Å². The Morgan fingerprint density at radius 1 is 1.16 bits per heavy atom. The molecule has 0 spiro atoms. The third kappa shape index (κ3) is 3.35. The Balaban J connectivity index is 1.95. The van der Waals surface area contributed by atoms with Crippen LogP contribution < -0.4 is 17.0 Å². The number of aromatic amines is 1. The minimum atomic E-state index is -1.39. The number of H-pyrrole nitrogens is 1. The van der Waals surface area contributed by atoms with Crippen molar-refractivity contribution in [3.8, 4) is 0 Å². The standard InChI is InChI=1S/C16H19N3O6/c17-9-3-1-8(2-4-9)5-19-6-10(15(23)18-16(19)24)14-13(22)12(21)11(7-20)25-14/h1-4,6,11-14,20-22H,5,7,17H2,(H,18,23,24)/t11-,12-,13-,14+/m1/s1. The van der Waals surface area contributed by atoms with E-state index in [0.717, 1.165) is 5.56 Å². The maximum atomic E-state index is 12.1. The number of ether oxygens (including phenoxy) is 1. The summed E-state index contributed by atoms with van der Waals surface area (Å²) in [6, 6.07) is 6.88. The van der Waals surface area contributed by atoms with Gasteiger partial charge in [-0.1, -0.05) is 12.1 Å². The highest BCUT2D eigenvalue weighted by atomic mass is 16.6. The molecule has 0 bridgehead atoms. The molecule has 1 aliphatic rings. The highest BCUT2D eigenvalue weighted by Gasteiger charge is 2.44. The average molecular weight is 349 g/mol. The molecule has 1 aromatic carbocycles. The molecule has 0 unspecified atom stereocenters. The predicted octanol–water partition coefficient (Wildman–Crippen LogP) is -1.68. The first kappa shape index (κ1) is 17.4. The number of hydrogen-bond donors (Lipinski definition) is 5. The molecule has 0 aliphatic carbocycles. The SMILES string of the molecule is Nc1ccc(Cn2cc([C@@H]3O[C@H](CO)[C@@H](O)[C@H]3O)c(=O)[nH]c2=O)cc1. The molecule has 9 heteroatoms. The normalized spacial score (nSPS) is 26.0. The van der Waals surface area contributed by atoms with Crippen LogP contribution in [0.1, 0.15) is 17.2 Å². The minimum Gasteiger partial charge on any atom is -0.399 e. The van der Waals surface area contributed by atoms with E-state index < -0.39 is 42.3 Å². The van der Waals surface area contributed by atoms with Crippen molar-refractivity contribution in [2.75, 3.05) is 12.3 Å². The van der Waals surface area contributed by atoms with Gasteiger partial charge in [0.1, 0.15) is 24.4 Å². The highest BCUT2D eigenvalue weighted by molar-refractivity contribution is 5.39. The number of rotatable bonds is 4. The van der Waals surface area contributed by atoms with Gasteiger partial charge in [-0.25, -0.2) is 4.79 Å². The van der Waals surface area contributed by atoms with Crippen LogP contribution in [0.3, 0.4) is 0 Å². The quantitative estimate of drug-likeness (QED) is 0.414. The molecule has 1 aromatic heterocycles. The first-order valence-corrected chi connectivity index (χ1v) is 7.71. The number of anilines is 1. The monoisotopic (exact) mass is 349 g/mol. The van der Waals surface area contributed by atoms with Crippen LogP contribution in [0.5, 0.6) is 0 Å². The molecule has 2 heterocycles. The van der Waals surface area contributed by atoms with Crippen molar-refractivity contribution < 1.29 is 20.1 Å². The first-order chi connectivity index (χ1) is 11.9. The lowest BCUT2D eigenvalue weighted by molar-refractivity contribution is -0.0233. The smallest absolute Gasteiger partial charge is 0.328 e. The fraction of sp³-hybridized carbons (Fsp3) is 0.375. The van der Waals surface area contributed by atoms with Gasteiger partial charge < -0.3 is 25.8 Å². The number of nitrogens with one attached hydrogen (secondary N) is 1. The average Bonchev–Trinajstić information content (AvgIpc) is 2.87. The molecule has 0 radical (unpaired) electrons. The number of aliphatic hydroxyl groups is 3. The van der Waals surface area contributed by atoms with Gasteiger partial charge in [-0.15, -0.1) is 0 Å². The lowest BCUT2D eigenvalue weighted by Gasteiger charge is -2.15. The third-order valence-corrected chi connectivity index (χ3v) is 4.22. The Hall–Kier alpha value is -2.46. The molecule has 1 aliphatic heterocycles. The van der Waals surface area contributed by atoms with Gasteiger partial charge in [0.2, 0.25) is 0 Å². The van der Waals surface area contributed by atoms with Crippen LogP contribution in [-0.4, -0.2) is 49.8 Å². The zero-order valence-corrected chi connectivity index (χ0v) is 13.2. The largest absolute Gasteiger partial charge is 0.399 e. The predicted molar refractivity (Wildman–Crippen MR) is 88.0 cm³/mol. The van der Waals surface area contributed by atoms with Crippen molar-refractivity contribution in [1.82, 2.24) is 9.55 Å². The molecule has 4 atom stereocenters. The van der Waals surface area contributed by atoms with E-state index >= 15 is 0 Å². The second-order valence-corrected chi connectivity index (χ2v) is 5.97. The van der Waals surface area contributed by atoms with Crippen molar-refractivity contribution in [3.63, 3.8) is 0 Å². The number of aromatic nitrogens is 2. The van der Waals surface area contributed by atoms with Crippen LogP contribution in [0, 0.1) is 0 Å². The Morgan fingerprint density at radius 2 is 1.84 bits per heavy atom. The molecule has 2 aromatic rings. The van der Waals surface area contributed by atoms with Crippen molar-refractivity contribution in [3.05, 3.63) is 62.4 Å². The summed E-state index contributed by atoms with van der Waals surface area (Å²) >= 11 is 0. The lowest BCUT2D eigenvalue weighted by atomic mass is 10.0. The Kier molecular flexibility index (Phi) is 4.73. The van der Waals surface area contributed by atoms with Crippen LogP contribution in [0.15, 0.2) is 40.1 Å². The first-order valence-electron chi connectivity index (χ1n) is 7.71. The van der Waals surface area contributed by atoms with Crippen LogP contribution in [0.25, 0.3) is 0 Å². The van der Waals surface area contributed by atoms with Crippen molar-refractivity contribution in [2.45, 2.75) is 31.0 Å². The molecule has 9 nitrogen and oxygen atoms in total.